The van der Waals surface area contributed by atoms with E-state index in [4.69, 9.17) is 4.74 Å². The van der Waals surface area contributed by atoms with Crippen molar-refractivity contribution in [3.05, 3.63) is 59.2 Å². The van der Waals surface area contributed by atoms with Crippen LogP contribution < -0.4 is 10.6 Å². The van der Waals surface area contributed by atoms with Gasteiger partial charge in [0.15, 0.2) is 0 Å². The first-order valence-electron chi connectivity index (χ1n) is 9.47. The Morgan fingerprint density at radius 1 is 1.15 bits per heavy atom. The van der Waals surface area contributed by atoms with Crippen molar-refractivity contribution in [3.63, 3.8) is 0 Å². The Morgan fingerprint density at radius 2 is 1.85 bits per heavy atom. The van der Waals surface area contributed by atoms with Crippen molar-refractivity contribution in [3.8, 4) is 0 Å². The number of hydrogen-bond donors (Lipinski definition) is 3. The Kier molecular flexibility index (Phi) is 6.22. The third kappa shape index (κ3) is 4.35. The molecule has 0 aromatic heterocycles. The molecular formula is C22H30NO3P. The second-order valence-corrected chi connectivity index (χ2v) is 8.48. The van der Waals surface area contributed by atoms with E-state index in [1.54, 1.807) is 0 Å². The Morgan fingerprint density at radius 3 is 2.48 bits per heavy atom. The van der Waals surface area contributed by atoms with E-state index >= 15 is 0 Å². The summed E-state index contributed by atoms with van der Waals surface area (Å²) in [6.07, 6.45) is 0.105. The number of aliphatic hydroxyl groups is 2. The molecule has 0 spiro atoms. The van der Waals surface area contributed by atoms with Gasteiger partial charge in [-0.3, -0.25) is 0 Å². The topological polar surface area (TPSA) is 61.7 Å². The zero-order valence-electron chi connectivity index (χ0n) is 16.3. The van der Waals surface area contributed by atoms with Gasteiger partial charge >= 0.3 is 0 Å². The van der Waals surface area contributed by atoms with E-state index in [9.17, 15) is 10.2 Å². The molecule has 4 atom stereocenters. The minimum absolute atomic E-state index is 0.0641. The van der Waals surface area contributed by atoms with Crippen LogP contribution in [0.2, 0.25) is 0 Å². The van der Waals surface area contributed by atoms with Crippen LogP contribution in [-0.2, 0) is 10.2 Å². The average Bonchev–Trinajstić information content (AvgIpc) is 2.67. The summed E-state index contributed by atoms with van der Waals surface area (Å²) in [5, 5.41) is 23.9. The third-order valence-electron chi connectivity index (χ3n) is 5.60. The molecule has 4 nitrogen and oxygen atoms in total. The summed E-state index contributed by atoms with van der Waals surface area (Å²) in [4.78, 5) is 0. The summed E-state index contributed by atoms with van der Waals surface area (Å²) in [7, 11) is 4.75. The van der Waals surface area contributed by atoms with Gasteiger partial charge in [0.1, 0.15) is 0 Å². The molecule has 1 fully saturated rings. The lowest BCUT2D eigenvalue weighted by atomic mass is 9.77. The molecule has 1 aliphatic rings. The maximum atomic E-state index is 10.2. The highest BCUT2D eigenvalue weighted by molar-refractivity contribution is 7.27. The standard InChI is InChI=1S/C22H30NO3P/c1-22(2,15-5-7-16(23-3)8-6-15)19-10-14(4-9-21(19)27)20-12-17(25)11-18(13-24)26-20/h4-10,17-18,20,23-25H,11-13,27H2,1-3H3. The first-order valence-corrected chi connectivity index (χ1v) is 10.1. The lowest BCUT2D eigenvalue weighted by Gasteiger charge is -2.34. The molecule has 4 unspecified atom stereocenters. The van der Waals surface area contributed by atoms with Gasteiger partial charge in [-0.15, -0.1) is 9.24 Å². The van der Waals surface area contributed by atoms with E-state index < -0.39 is 6.10 Å². The van der Waals surface area contributed by atoms with E-state index in [0.717, 1.165) is 16.6 Å². The summed E-state index contributed by atoms with van der Waals surface area (Å²) in [6.45, 7) is 4.38. The molecule has 1 heterocycles. The zero-order chi connectivity index (χ0) is 19.6. The number of ether oxygens (including phenoxy) is 1. The number of anilines is 1. The number of rotatable bonds is 5. The Balaban J connectivity index is 1.94. The second kappa shape index (κ2) is 8.28. The molecule has 1 saturated heterocycles. The highest BCUT2D eigenvalue weighted by Crippen LogP contribution is 2.36. The van der Waals surface area contributed by atoms with Crippen LogP contribution >= 0.6 is 9.24 Å². The fraction of sp³-hybridized carbons (Fsp3) is 0.455. The van der Waals surface area contributed by atoms with Crippen molar-refractivity contribution in [2.24, 2.45) is 0 Å². The summed E-state index contributed by atoms with van der Waals surface area (Å²) in [5.41, 5.74) is 4.41. The molecular weight excluding hydrogens is 357 g/mol. The lowest BCUT2D eigenvalue weighted by molar-refractivity contribution is -0.113. The molecule has 146 valence electrons. The molecule has 0 radical (unpaired) electrons. The fourth-order valence-corrected chi connectivity index (χ4v) is 4.39. The molecule has 0 aliphatic carbocycles. The molecule has 0 saturated carbocycles. The van der Waals surface area contributed by atoms with E-state index in [-0.39, 0.29) is 24.2 Å². The molecule has 2 aromatic carbocycles. The van der Waals surface area contributed by atoms with Crippen LogP contribution in [-0.4, -0.2) is 36.1 Å². The molecule has 5 heteroatoms. The monoisotopic (exact) mass is 387 g/mol. The fourth-order valence-electron chi connectivity index (χ4n) is 3.85. The molecule has 27 heavy (non-hydrogen) atoms. The van der Waals surface area contributed by atoms with Crippen LogP contribution in [0.15, 0.2) is 42.5 Å². The van der Waals surface area contributed by atoms with Crippen molar-refractivity contribution in [1.29, 1.82) is 0 Å². The number of aliphatic hydroxyl groups excluding tert-OH is 2. The van der Waals surface area contributed by atoms with Crippen LogP contribution in [0.4, 0.5) is 5.69 Å². The predicted octanol–water partition coefficient (Wildman–Crippen LogP) is 3.13. The zero-order valence-corrected chi connectivity index (χ0v) is 17.4. The van der Waals surface area contributed by atoms with Crippen LogP contribution in [0.1, 0.15) is 49.5 Å². The molecule has 2 aromatic rings. The quantitative estimate of drug-likeness (QED) is 0.690. The van der Waals surface area contributed by atoms with E-state index in [2.05, 4.69) is 70.9 Å². The van der Waals surface area contributed by atoms with Gasteiger partial charge in [0.05, 0.1) is 24.9 Å². The van der Waals surface area contributed by atoms with Crippen molar-refractivity contribution < 1.29 is 14.9 Å². The molecule has 0 bridgehead atoms. The lowest BCUT2D eigenvalue weighted by Crippen LogP contribution is -2.34. The van der Waals surface area contributed by atoms with Gasteiger partial charge in [0, 0.05) is 31.0 Å². The van der Waals surface area contributed by atoms with Crippen molar-refractivity contribution in [2.45, 2.75) is 50.4 Å². The van der Waals surface area contributed by atoms with Crippen LogP contribution in [0, 0.1) is 0 Å². The Hall–Kier alpha value is -1.45. The highest BCUT2D eigenvalue weighted by Gasteiger charge is 2.31. The maximum Gasteiger partial charge on any atom is 0.0854 e. The average molecular weight is 387 g/mol. The smallest absolute Gasteiger partial charge is 0.0854 e. The number of hydrogen-bond acceptors (Lipinski definition) is 4. The van der Waals surface area contributed by atoms with E-state index in [1.165, 1.54) is 11.1 Å². The minimum Gasteiger partial charge on any atom is -0.394 e. The van der Waals surface area contributed by atoms with Crippen molar-refractivity contribution >= 4 is 20.2 Å². The van der Waals surface area contributed by atoms with E-state index in [0.29, 0.717) is 12.8 Å². The van der Waals surface area contributed by atoms with Gasteiger partial charge < -0.3 is 20.3 Å². The summed E-state index contributed by atoms with van der Waals surface area (Å²) >= 11 is 0. The molecule has 3 rings (SSSR count). The van der Waals surface area contributed by atoms with Gasteiger partial charge in [-0.25, -0.2) is 0 Å². The summed E-state index contributed by atoms with van der Waals surface area (Å²) < 4.78 is 6.01. The molecule has 1 aliphatic heterocycles. The SMILES string of the molecule is CNc1ccc(C(C)(C)c2cc(C3CC(O)CC(CO)O3)ccc2P)cc1. The van der Waals surface area contributed by atoms with Gasteiger partial charge in [-0.05, 0) is 34.1 Å². The van der Waals surface area contributed by atoms with Crippen LogP contribution in [0.3, 0.4) is 0 Å². The molecule has 3 N–H and O–H groups in total. The van der Waals surface area contributed by atoms with Gasteiger partial charge in [0.2, 0.25) is 0 Å². The van der Waals surface area contributed by atoms with Crippen molar-refractivity contribution in [2.75, 3.05) is 19.0 Å². The normalized spacial score (nSPS) is 23.3. The summed E-state index contributed by atoms with van der Waals surface area (Å²) in [6, 6.07) is 14.8. The van der Waals surface area contributed by atoms with Gasteiger partial charge in [-0.1, -0.05) is 44.2 Å². The van der Waals surface area contributed by atoms with Gasteiger partial charge in [-0.2, -0.15) is 0 Å². The Bertz CT molecular complexity index is 776. The summed E-state index contributed by atoms with van der Waals surface area (Å²) in [5.74, 6) is 0. The third-order valence-corrected chi connectivity index (χ3v) is 6.10. The van der Waals surface area contributed by atoms with Gasteiger partial charge in [0.25, 0.3) is 0 Å². The minimum atomic E-state index is -0.442. The largest absolute Gasteiger partial charge is 0.394 e. The van der Waals surface area contributed by atoms with Crippen LogP contribution in [0.25, 0.3) is 0 Å². The van der Waals surface area contributed by atoms with Crippen LogP contribution in [0.5, 0.6) is 0 Å². The number of nitrogens with one attached hydrogen (secondary N) is 1. The Labute approximate surface area is 164 Å². The molecule has 0 amide bonds. The van der Waals surface area contributed by atoms with E-state index in [1.807, 2.05) is 7.05 Å². The maximum absolute atomic E-state index is 10.2. The first-order chi connectivity index (χ1) is 12.8. The first kappa shape index (κ1) is 20.3. The highest BCUT2D eigenvalue weighted by atomic mass is 31.0. The van der Waals surface area contributed by atoms with Crippen molar-refractivity contribution in [1.82, 2.24) is 0 Å². The number of benzene rings is 2. The second-order valence-electron chi connectivity index (χ2n) is 7.85. The predicted molar refractivity (Wildman–Crippen MR) is 114 cm³/mol.